The molecule has 2 atom stereocenters. The first-order chi connectivity index (χ1) is 7.22. The van der Waals surface area contributed by atoms with E-state index in [-0.39, 0.29) is 6.10 Å². The average molecular weight is 227 g/mol. The Morgan fingerprint density at radius 3 is 2.73 bits per heavy atom. The molecule has 0 amide bonds. The molecule has 1 fully saturated rings. The molecule has 0 aliphatic heterocycles. The van der Waals surface area contributed by atoms with Gasteiger partial charge in [-0.3, -0.25) is 0 Å². The fourth-order valence-electron chi connectivity index (χ4n) is 1.88. The van der Waals surface area contributed by atoms with Crippen LogP contribution < -0.4 is 0 Å². The van der Waals surface area contributed by atoms with Gasteiger partial charge in [0.2, 0.25) is 0 Å². The fraction of sp³-hybridized carbons (Fsp3) is 0.500. The molecule has 3 heteroatoms. The highest BCUT2D eigenvalue weighted by atomic mass is 35.5. The average Bonchev–Trinajstić information content (AvgIpc) is 3.03. The Hall–Kier alpha value is -0.570. The lowest BCUT2D eigenvalue weighted by Crippen LogP contribution is -2.23. The molecular weight excluding hydrogens is 212 g/mol. The van der Waals surface area contributed by atoms with Crippen molar-refractivity contribution < 1.29 is 9.84 Å². The number of aliphatic hydroxyl groups is 1. The van der Waals surface area contributed by atoms with Gasteiger partial charge in [-0.25, -0.2) is 0 Å². The molecule has 2 rings (SSSR count). The Morgan fingerprint density at radius 1 is 1.47 bits per heavy atom. The smallest absolute Gasteiger partial charge is 0.105 e. The van der Waals surface area contributed by atoms with Gasteiger partial charge in [0.1, 0.15) is 6.10 Å². The van der Waals surface area contributed by atoms with Crippen molar-refractivity contribution in [1.29, 1.82) is 0 Å². The molecule has 0 heterocycles. The summed E-state index contributed by atoms with van der Waals surface area (Å²) in [7, 11) is 1.65. The first-order valence-corrected chi connectivity index (χ1v) is 5.56. The number of benzene rings is 1. The first kappa shape index (κ1) is 10.9. The predicted molar refractivity (Wildman–Crippen MR) is 59.9 cm³/mol. The minimum absolute atomic E-state index is 0.0940. The molecule has 0 saturated heterocycles. The van der Waals surface area contributed by atoms with Crippen molar-refractivity contribution in [2.45, 2.75) is 25.0 Å². The largest absolute Gasteiger partial charge is 0.386 e. The number of halogens is 1. The van der Waals surface area contributed by atoms with E-state index in [1.54, 1.807) is 19.2 Å². The highest BCUT2D eigenvalue weighted by molar-refractivity contribution is 6.30. The molecular formula is C12H15ClO2. The zero-order chi connectivity index (χ0) is 10.8. The van der Waals surface area contributed by atoms with Crippen LogP contribution in [-0.4, -0.2) is 18.3 Å². The molecule has 1 aliphatic carbocycles. The Kier molecular flexibility index (Phi) is 3.29. The summed E-state index contributed by atoms with van der Waals surface area (Å²) in [6.07, 6.45) is 1.64. The minimum atomic E-state index is -0.568. The van der Waals surface area contributed by atoms with Gasteiger partial charge in [-0.15, -0.1) is 0 Å². The lowest BCUT2D eigenvalue weighted by molar-refractivity contribution is -0.0259. The summed E-state index contributed by atoms with van der Waals surface area (Å²) in [6.45, 7) is 0. The van der Waals surface area contributed by atoms with E-state index in [0.29, 0.717) is 10.9 Å². The van der Waals surface area contributed by atoms with Crippen molar-refractivity contribution in [3.63, 3.8) is 0 Å². The molecule has 1 saturated carbocycles. The summed E-state index contributed by atoms with van der Waals surface area (Å²) in [5.74, 6) is 0.504. The molecule has 15 heavy (non-hydrogen) atoms. The number of ether oxygens (including phenoxy) is 1. The molecule has 1 aliphatic rings. The molecule has 1 aromatic rings. The highest BCUT2D eigenvalue weighted by Gasteiger charge is 2.36. The maximum Gasteiger partial charge on any atom is 0.105 e. The van der Waals surface area contributed by atoms with Gasteiger partial charge < -0.3 is 9.84 Å². The van der Waals surface area contributed by atoms with Crippen LogP contribution in [0.4, 0.5) is 0 Å². The van der Waals surface area contributed by atoms with Crippen LogP contribution in [0.3, 0.4) is 0 Å². The predicted octanol–water partition coefficient (Wildman–Crippen LogP) is 2.80. The molecule has 0 radical (unpaired) electrons. The van der Waals surface area contributed by atoms with Crippen molar-refractivity contribution in [1.82, 2.24) is 0 Å². The van der Waals surface area contributed by atoms with Crippen LogP contribution in [0.5, 0.6) is 0 Å². The molecule has 2 unspecified atom stereocenters. The third-order valence-electron chi connectivity index (χ3n) is 2.86. The second-order valence-corrected chi connectivity index (χ2v) is 4.47. The maximum absolute atomic E-state index is 10.1. The number of hydrogen-bond acceptors (Lipinski definition) is 2. The van der Waals surface area contributed by atoms with E-state index in [1.807, 2.05) is 12.1 Å². The summed E-state index contributed by atoms with van der Waals surface area (Å²) >= 11 is 5.88. The number of hydrogen-bond donors (Lipinski definition) is 1. The third-order valence-corrected chi connectivity index (χ3v) is 3.10. The molecule has 1 aromatic carbocycles. The molecule has 2 nitrogen and oxygen atoms in total. The Morgan fingerprint density at radius 2 is 2.20 bits per heavy atom. The van der Waals surface area contributed by atoms with Gasteiger partial charge in [0.05, 0.1) is 6.10 Å². The van der Waals surface area contributed by atoms with Crippen molar-refractivity contribution in [3.05, 3.63) is 34.9 Å². The quantitative estimate of drug-likeness (QED) is 0.856. The van der Waals surface area contributed by atoms with Crippen molar-refractivity contribution in [2.75, 3.05) is 7.11 Å². The van der Waals surface area contributed by atoms with Crippen LogP contribution in [0, 0.1) is 5.92 Å². The number of rotatable bonds is 4. The lowest BCUT2D eigenvalue weighted by atomic mass is 10.0. The lowest BCUT2D eigenvalue weighted by Gasteiger charge is -2.21. The summed E-state index contributed by atoms with van der Waals surface area (Å²) < 4.78 is 5.34. The minimum Gasteiger partial charge on any atom is -0.386 e. The van der Waals surface area contributed by atoms with Crippen molar-refractivity contribution in [2.24, 2.45) is 5.92 Å². The Labute approximate surface area is 94.8 Å². The number of methoxy groups -OCH3 is 1. The van der Waals surface area contributed by atoms with Gasteiger partial charge in [0.15, 0.2) is 0 Å². The second-order valence-electron chi connectivity index (χ2n) is 4.04. The first-order valence-electron chi connectivity index (χ1n) is 5.18. The molecule has 0 bridgehead atoms. The van der Waals surface area contributed by atoms with Gasteiger partial charge in [-0.2, -0.15) is 0 Å². The standard InChI is InChI=1S/C12H15ClO2/c1-15-12(8-5-6-8)11(14)9-3-2-4-10(13)7-9/h2-4,7-8,11-12,14H,5-6H2,1H3. The van der Waals surface area contributed by atoms with E-state index in [0.717, 1.165) is 18.4 Å². The van der Waals surface area contributed by atoms with Crippen LogP contribution in [0.15, 0.2) is 24.3 Å². The second kappa shape index (κ2) is 4.52. The van der Waals surface area contributed by atoms with E-state index < -0.39 is 6.10 Å². The van der Waals surface area contributed by atoms with E-state index >= 15 is 0 Å². The van der Waals surface area contributed by atoms with Crippen LogP contribution in [0.25, 0.3) is 0 Å². The summed E-state index contributed by atoms with van der Waals surface area (Å²) in [6, 6.07) is 7.32. The van der Waals surface area contributed by atoms with E-state index in [1.165, 1.54) is 0 Å². The molecule has 0 spiro atoms. The summed E-state index contributed by atoms with van der Waals surface area (Å²) in [4.78, 5) is 0. The van der Waals surface area contributed by atoms with Crippen LogP contribution in [0.1, 0.15) is 24.5 Å². The van der Waals surface area contributed by atoms with Gasteiger partial charge in [-0.05, 0) is 36.5 Å². The van der Waals surface area contributed by atoms with Gasteiger partial charge in [0, 0.05) is 12.1 Å². The molecule has 0 aromatic heterocycles. The highest BCUT2D eigenvalue weighted by Crippen LogP contribution is 2.39. The zero-order valence-electron chi connectivity index (χ0n) is 8.69. The number of aliphatic hydroxyl groups excluding tert-OH is 1. The van der Waals surface area contributed by atoms with Gasteiger partial charge in [0.25, 0.3) is 0 Å². The normalized spacial score (nSPS) is 19.9. The van der Waals surface area contributed by atoms with Crippen LogP contribution in [-0.2, 0) is 4.74 Å². The topological polar surface area (TPSA) is 29.5 Å². The van der Waals surface area contributed by atoms with Crippen LogP contribution in [0.2, 0.25) is 5.02 Å². The zero-order valence-corrected chi connectivity index (χ0v) is 9.45. The van der Waals surface area contributed by atoms with E-state index in [2.05, 4.69) is 0 Å². The monoisotopic (exact) mass is 226 g/mol. The summed E-state index contributed by atoms with van der Waals surface area (Å²) in [5, 5.41) is 10.8. The maximum atomic E-state index is 10.1. The van der Waals surface area contributed by atoms with E-state index in [4.69, 9.17) is 16.3 Å². The Balaban J connectivity index is 2.14. The SMILES string of the molecule is COC(C1CC1)C(O)c1cccc(Cl)c1. The third kappa shape index (κ3) is 2.51. The van der Waals surface area contributed by atoms with Crippen molar-refractivity contribution in [3.8, 4) is 0 Å². The van der Waals surface area contributed by atoms with Gasteiger partial charge >= 0.3 is 0 Å². The fourth-order valence-corrected chi connectivity index (χ4v) is 2.08. The Bertz CT molecular complexity index is 336. The van der Waals surface area contributed by atoms with Crippen LogP contribution >= 0.6 is 11.6 Å². The van der Waals surface area contributed by atoms with Gasteiger partial charge in [-0.1, -0.05) is 23.7 Å². The molecule has 1 N–H and O–H groups in total. The molecule has 82 valence electrons. The van der Waals surface area contributed by atoms with Crippen molar-refractivity contribution >= 4 is 11.6 Å². The van der Waals surface area contributed by atoms with E-state index in [9.17, 15) is 5.11 Å². The summed E-state index contributed by atoms with van der Waals surface area (Å²) in [5.41, 5.74) is 0.834.